The fourth-order valence-electron chi connectivity index (χ4n) is 1.34. The van der Waals surface area contributed by atoms with Gasteiger partial charge in [0, 0.05) is 19.6 Å². The van der Waals surface area contributed by atoms with E-state index in [1.165, 1.54) is 6.07 Å². The molecule has 0 amide bonds. The average molecular weight is 219 g/mol. The highest BCUT2D eigenvalue weighted by molar-refractivity contribution is 5.95. The molecule has 84 valence electrons. The van der Waals surface area contributed by atoms with Crippen molar-refractivity contribution in [3.05, 3.63) is 41.3 Å². The van der Waals surface area contributed by atoms with Gasteiger partial charge in [-0.2, -0.15) is 0 Å². The molecule has 0 spiro atoms. The first-order chi connectivity index (χ1) is 7.74. The van der Waals surface area contributed by atoms with Crippen molar-refractivity contribution in [2.75, 3.05) is 14.2 Å². The van der Waals surface area contributed by atoms with Crippen LogP contribution in [0.15, 0.2) is 41.6 Å². The molecule has 0 radical (unpaired) electrons. The summed E-state index contributed by atoms with van der Waals surface area (Å²) in [5, 5.41) is 13.7. The van der Waals surface area contributed by atoms with Gasteiger partial charge in [-0.15, -0.1) is 4.91 Å². The third kappa shape index (κ3) is 2.55. The lowest BCUT2D eigenvalue weighted by molar-refractivity contribution is 0.277. The Bertz CT molecular complexity index is 483. The van der Waals surface area contributed by atoms with Gasteiger partial charge in [-0.3, -0.25) is 0 Å². The van der Waals surface area contributed by atoms with E-state index in [1.807, 2.05) is 12.1 Å². The Balaban J connectivity index is 0.000000386. The zero-order valence-electron chi connectivity index (χ0n) is 9.18. The number of hydrogen-bond donors (Lipinski definition) is 1. The molecular weight excluding hydrogens is 206 g/mol. The number of phenolic OH excluding ortho intramolecular Hbond substituents is 1. The number of fused-ring (bicyclic) bond motifs is 1. The van der Waals surface area contributed by atoms with Crippen LogP contribution in [0.2, 0.25) is 0 Å². The van der Waals surface area contributed by atoms with E-state index in [0.717, 1.165) is 5.39 Å². The van der Waals surface area contributed by atoms with E-state index in [-0.39, 0.29) is 11.4 Å². The van der Waals surface area contributed by atoms with Crippen LogP contribution in [0.1, 0.15) is 0 Å². The van der Waals surface area contributed by atoms with Crippen molar-refractivity contribution >= 4 is 16.5 Å². The Morgan fingerprint density at radius 1 is 1.12 bits per heavy atom. The van der Waals surface area contributed by atoms with Gasteiger partial charge < -0.3 is 9.84 Å². The van der Waals surface area contributed by atoms with Crippen LogP contribution >= 0.6 is 0 Å². The predicted octanol–water partition coefficient (Wildman–Crippen LogP) is 3.21. The molecule has 2 aromatic carbocycles. The van der Waals surface area contributed by atoms with Gasteiger partial charge in [0.05, 0.1) is 0 Å². The van der Waals surface area contributed by atoms with Crippen LogP contribution in [0, 0.1) is 4.91 Å². The van der Waals surface area contributed by atoms with Crippen LogP contribution in [-0.4, -0.2) is 19.3 Å². The van der Waals surface area contributed by atoms with Gasteiger partial charge in [0.15, 0.2) is 5.69 Å². The second kappa shape index (κ2) is 5.82. The molecule has 0 fully saturated rings. The number of aromatic hydroxyl groups is 1. The lowest BCUT2D eigenvalue weighted by Crippen LogP contribution is -1.73. The second-order valence-corrected chi connectivity index (χ2v) is 3.15. The zero-order valence-corrected chi connectivity index (χ0v) is 9.18. The molecule has 2 rings (SSSR count). The van der Waals surface area contributed by atoms with E-state index < -0.39 is 0 Å². The lowest BCUT2D eigenvalue weighted by atomic mass is 10.1. The Kier molecular flexibility index (Phi) is 4.42. The summed E-state index contributed by atoms with van der Waals surface area (Å²) in [4.78, 5) is 10.4. The average Bonchev–Trinajstić information content (AvgIpc) is 2.30. The van der Waals surface area contributed by atoms with Gasteiger partial charge in [0.1, 0.15) is 5.75 Å². The van der Waals surface area contributed by atoms with Gasteiger partial charge in [0.2, 0.25) is 0 Å². The summed E-state index contributed by atoms with van der Waals surface area (Å²) in [7, 11) is 3.25. The van der Waals surface area contributed by atoms with Gasteiger partial charge in [-0.1, -0.05) is 30.3 Å². The fourth-order valence-corrected chi connectivity index (χ4v) is 1.34. The minimum absolute atomic E-state index is 0.0753. The van der Waals surface area contributed by atoms with Crippen molar-refractivity contribution in [3.63, 3.8) is 0 Å². The number of nitrogens with zero attached hydrogens (tertiary/aromatic N) is 1. The van der Waals surface area contributed by atoms with Crippen molar-refractivity contribution in [1.29, 1.82) is 0 Å². The molecule has 0 bridgehead atoms. The molecule has 16 heavy (non-hydrogen) atoms. The van der Waals surface area contributed by atoms with Crippen LogP contribution in [0.25, 0.3) is 10.8 Å². The monoisotopic (exact) mass is 219 g/mol. The molecule has 0 aliphatic heterocycles. The summed E-state index contributed by atoms with van der Waals surface area (Å²) >= 11 is 0. The third-order valence-electron chi connectivity index (χ3n) is 1.97. The summed E-state index contributed by atoms with van der Waals surface area (Å²) in [6.07, 6.45) is 0. The topological polar surface area (TPSA) is 58.9 Å². The number of hydrogen-bond acceptors (Lipinski definition) is 4. The maximum Gasteiger partial charge on any atom is 0.157 e. The minimum atomic E-state index is -0.0753. The van der Waals surface area contributed by atoms with Crippen molar-refractivity contribution in [3.8, 4) is 5.75 Å². The first-order valence-corrected chi connectivity index (χ1v) is 4.68. The van der Waals surface area contributed by atoms with Crippen LogP contribution in [0.5, 0.6) is 5.75 Å². The van der Waals surface area contributed by atoms with Crippen LogP contribution in [0.3, 0.4) is 0 Å². The van der Waals surface area contributed by atoms with Gasteiger partial charge in [-0.25, -0.2) is 0 Å². The molecule has 0 saturated carbocycles. The van der Waals surface area contributed by atoms with Crippen molar-refractivity contribution < 1.29 is 9.84 Å². The minimum Gasteiger partial charge on any atom is -0.506 e. The zero-order chi connectivity index (χ0) is 12.0. The van der Waals surface area contributed by atoms with Gasteiger partial charge in [-0.05, 0) is 16.6 Å². The normalized spacial score (nSPS) is 9.38. The van der Waals surface area contributed by atoms with E-state index in [9.17, 15) is 10.0 Å². The summed E-state index contributed by atoms with van der Waals surface area (Å²) < 4.78 is 4.25. The second-order valence-electron chi connectivity index (χ2n) is 3.15. The molecule has 0 atom stereocenters. The summed E-state index contributed by atoms with van der Waals surface area (Å²) in [6.45, 7) is 0. The van der Waals surface area contributed by atoms with Crippen molar-refractivity contribution in [2.24, 2.45) is 5.18 Å². The van der Waals surface area contributed by atoms with Gasteiger partial charge in [0.25, 0.3) is 0 Å². The molecule has 0 saturated heterocycles. The van der Waals surface area contributed by atoms with E-state index in [0.29, 0.717) is 5.39 Å². The molecular formula is C12H13NO3. The molecule has 1 N–H and O–H groups in total. The Hall–Kier alpha value is -1.94. The summed E-state index contributed by atoms with van der Waals surface area (Å²) in [5.41, 5.74) is 0.109. The van der Waals surface area contributed by atoms with Crippen LogP contribution < -0.4 is 0 Å². The standard InChI is InChI=1S/C10H7NO2.C2H6O/c12-9-6-5-7-3-1-2-4-8(7)10(9)11-13;1-3-2/h1-6,12H;1-2H3. The van der Waals surface area contributed by atoms with Crippen molar-refractivity contribution in [2.45, 2.75) is 0 Å². The molecule has 2 aromatic rings. The Labute approximate surface area is 93.5 Å². The first-order valence-electron chi connectivity index (χ1n) is 4.68. The molecule has 0 unspecified atom stereocenters. The number of benzene rings is 2. The molecule has 0 aliphatic carbocycles. The fraction of sp³-hybridized carbons (Fsp3) is 0.167. The van der Waals surface area contributed by atoms with Gasteiger partial charge >= 0.3 is 0 Å². The highest BCUT2D eigenvalue weighted by Crippen LogP contribution is 2.34. The maximum absolute atomic E-state index is 10.4. The molecule has 0 aromatic heterocycles. The summed E-state index contributed by atoms with van der Waals surface area (Å²) in [5.74, 6) is -0.0753. The quantitative estimate of drug-likeness (QED) is 0.749. The molecule has 0 heterocycles. The van der Waals surface area contributed by atoms with E-state index in [2.05, 4.69) is 9.91 Å². The number of nitroso groups, excluding NO2 is 1. The largest absolute Gasteiger partial charge is 0.506 e. The Morgan fingerprint density at radius 2 is 1.75 bits per heavy atom. The maximum atomic E-state index is 10.4. The SMILES string of the molecule is COC.O=Nc1c(O)ccc2ccccc12. The summed E-state index contributed by atoms with van der Waals surface area (Å²) in [6, 6.07) is 10.5. The lowest BCUT2D eigenvalue weighted by Gasteiger charge is -2.00. The van der Waals surface area contributed by atoms with E-state index in [4.69, 9.17) is 0 Å². The number of methoxy groups -OCH3 is 1. The number of phenols is 1. The molecule has 4 nitrogen and oxygen atoms in total. The number of ether oxygens (including phenoxy) is 1. The first kappa shape index (κ1) is 12.1. The Morgan fingerprint density at radius 3 is 2.38 bits per heavy atom. The predicted molar refractivity (Wildman–Crippen MR) is 64.0 cm³/mol. The molecule has 4 heteroatoms. The highest BCUT2D eigenvalue weighted by atomic mass is 16.4. The highest BCUT2D eigenvalue weighted by Gasteiger charge is 2.05. The number of rotatable bonds is 1. The van der Waals surface area contributed by atoms with Crippen LogP contribution in [-0.2, 0) is 4.74 Å². The van der Waals surface area contributed by atoms with Crippen LogP contribution in [0.4, 0.5) is 5.69 Å². The van der Waals surface area contributed by atoms with Crippen molar-refractivity contribution in [1.82, 2.24) is 0 Å². The van der Waals surface area contributed by atoms with E-state index in [1.54, 1.807) is 32.4 Å². The molecule has 0 aliphatic rings. The van der Waals surface area contributed by atoms with E-state index >= 15 is 0 Å². The third-order valence-corrected chi connectivity index (χ3v) is 1.97. The smallest absolute Gasteiger partial charge is 0.157 e.